The second kappa shape index (κ2) is 6.16. The first-order valence-electron chi connectivity index (χ1n) is 6.44. The third-order valence-corrected chi connectivity index (χ3v) is 4.98. The van der Waals surface area contributed by atoms with E-state index in [0.29, 0.717) is 0 Å². The number of hydrogen-bond donors (Lipinski definition) is 1. The summed E-state index contributed by atoms with van der Waals surface area (Å²) in [5.41, 5.74) is 1.13. The van der Waals surface area contributed by atoms with Gasteiger partial charge in [-0.3, -0.25) is 0 Å². The lowest BCUT2D eigenvalue weighted by Crippen LogP contribution is -2.43. The number of hydrogen-bond acceptors (Lipinski definition) is 3. The standard InChI is InChI=1S/C15H16BrNOS/c16-13-3-1-12(2-4-13)15-6-5-14(18-15)10-19-9-11-7-17-8-11/h1-6,11,17H,7-10H2. The minimum atomic E-state index is 0.853. The van der Waals surface area contributed by atoms with Gasteiger partial charge in [0.2, 0.25) is 0 Å². The van der Waals surface area contributed by atoms with Crippen LogP contribution in [0.25, 0.3) is 11.3 Å². The highest BCUT2D eigenvalue weighted by atomic mass is 79.9. The molecule has 0 aliphatic carbocycles. The van der Waals surface area contributed by atoms with Gasteiger partial charge in [0.1, 0.15) is 11.5 Å². The number of benzene rings is 1. The average Bonchev–Trinajstić information content (AvgIpc) is 2.82. The Bertz CT molecular complexity index is 533. The number of furan rings is 1. The van der Waals surface area contributed by atoms with Gasteiger partial charge in [-0.1, -0.05) is 28.1 Å². The molecule has 100 valence electrons. The molecule has 2 aromatic rings. The number of nitrogens with one attached hydrogen (secondary N) is 1. The van der Waals surface area contributed by atoms with Crippen molar-refractivity contribution in [1.29, 1.82) is 0 Å². The van der Waals surface area contributed by atoms with Crippen molar-refractivity contribution in [2.45, 2.75) is 5.75 Å². The molecule has 0 radical (unpaired) electrons. The van der Waals surface area contributed by atoms with E-state index in [0.717, 1.165) is 33.2 Å². The van der Waals surface area contributed by atoms with Crippen LogP contribution >= 0.6 is 27.7 Å². The molecule has 0 atom stereocenters. The number of rotatable bonds is 5. The first-order chi connectivity index (χ1) is 9.31. The van der Waals surface area contributed by atoms with Gasteiger partial charge in [-0.2, -0.15) is 11.8 Å². The molecule has 1 N–H and O–H groups in total. The van der Waals surface area contributed by atoms with Crippen molar-refractivity contribution < 1.29 is 4.42 Å². The van der Waals surface area contributed by atoms with Gasteiger partial charge in [-0.25, -0.2) is 0 Å². The van der Waals surface area contributed by atoms with Crippen molar-refractivity contribution >= 4 is 27.7 Å². The molecule has 2 heterocycles. The Balaban J connectivity index is 1.57. The SMILES string of the molecule is Brc1ccc(-c2ccc(CSCC3CNC3)o2)cc1. The molecule has 3 rings (SSSR count). The van der Waals surface area contributed by atoms with Crippen LogP contribution in [0.3, 0.4) is 0 Å². The van der Waals surface area contributed by atoms with Gasteiger partial charge < -0.3 is 9.73 Å². The summed E-state index contributed by atoms with van der Waals surface area (Å²) in [7, 11) is 0. The zero-order valence-corrected chi connectivity index (χ0v) is 13.0. The molecule has 0 spiro atoms. The Morgan fingerprint density at radius 2 is 1.95 bits per heavy atom. The van der Waals surface area contributed by atoms with Crippen LogP contribution in [0.5, 0.6) is 0 Å². The first kappa shape index (κ1) is 13.3. The molecule has 1 aromatic carbocycles. The Morgan fingerprint density at radius 1 is 1.16 bits per heavy atom. The van der Waals surface area contributed by atoms with Crippen LogP contribution < -0.4 is 5.32 Å². The van der Waals surface area contributed by atoms with E-state index in [1.807, 2.05) is 23.9 Å². The van der Waals surface area contributed by atoms with E-state index in [1.54, 1.807) is 0 Å². The summed E-state index contributed by atoms with van der Waals surface area (Å²) in [5, 5.41) is 3.30. The van der Waals surface area contributed by atoms with Crippen molar-refractivity contribution in [1.82, 2.24) is 5.32 Å². The van der Waals surface area contributed by atoms with Crippen molar-refractivity contribution in [3.63, 3.8) is 0 Å². The predicted octanol–water partition coefficient (Wildman–Crippen LogP) is 4.16. The maximum atomic E-state index is 5.89. The van der Waals surface area contributed by atoms with Crippen molar-refractivity contribution in [3.8, 4) is 11.3 Å². The third kappa shape index (κ3) is 3.44. The van der Waals surface area contributed by atoms with E-state index >= 15 is 0 Å². The zero-order chi connectivity index (χ0) is 13.1. The third-order valence-electron chi connectivity index (χ3n) is 3.25. The van der Waals surface area contributed by atoms with E-state index < -0.39 is 0 Å². The van der Waals surface area contributed by atoms with Gasteiger partial charge >= 0.3 is 0 Å². The molecule has 0 amide bonds. The molecule has 0 bridgehead atoms. The molecule has 1 saturated heterocycles. The maximum Gasteiger partial charge on any atom is 0.134 e. The Kier molecular flexibility index (Phi) is 4.31. The summed E-state index contributed by atoms with van der Waals surface area (Å²) in [6.45, 7) is 2.35. The molecule has 0 saturated carbocycles. The summed E-state index contributed by atoms with van der Waals surface area (Å²) in [6.07, 6.45) is 0. The molecule has 1 aliphatic heterocycles. The summed E-state index contributed by atoms with van der Waals surface area (Å²) < 4.78 is 6.98. The molecule has 1 aromatic heterocycles. The first-order valence-corrected chi connectivity index (χ1v) is 8.39. The fraction of sp³-hybridized carbons (Fsp3) is 0.333. The van der Waals surface area contributed by atoms with Gasteiger partial charge in [0, 0.05) is 10.0 Å². The van der Waals surface area contributed by atoms with Crippen LogP contribution in [0.1, 0.15) is 5.76 Å². The molecule has 2 nitrogen and oxygen atoms in total. The topological polar surface area (TPSA) is 25.2 Å². The molecule has 1 aliphatic rings. The lowest BCUT2D eigenvalue weighted by atomic mass is 10.1. The van der Waals surface area contributed by atoms with Crippen LogP contribution in [-0.4, -0.2) is 18.8 Å². The van der Waals surface area contributed by atoms with E-state index in [4.69, 9.17) is 4.42 Å². The summed E-state index contributed by atoms with van der Waals surface area (Å²) in [6, 6.07) is 12.4. The van der Waals surface area contributed by atoms with Gasteiger partial charge in [0.05, 0.1) is 5.75 Å². The minimum Gasteiger partial charge on any atom is -0.460 e. The second-order valence-corrected chi connectivity index (χ2v) is 6.76. The Hall–Kier alpha value is -0.710. The van der Waals surface area contributed by atoms with Gasteiger partial charge in [-0.15, -0.1) is 0 Å². The van der Waals surface area contributed by atoms with Gasteiger partial charge in [0.15, 0.2) is 0 Å². The Labute approximate surface area is 126 Å². The van der Waals surface area contributed by atoms with E-state index in [2.05, 4.69) is 45.5 Å². The molecular weight excluding hydrogens is 322 g/mol. The predicted molar refractivity (Wildman–Crippen MR) is 84.4 cm³/mol. The lowest BCUT2D eigenvalue weighted by molar-refractivity contribution is 0.385. The summed E-state index contributed by atoms with van der Waals surface area (Å²) in [4.78, 5) is 0. The second-order valence-electron chi connectivity index (χ2n) is 4.81. The van der Waals surface area contributed by atoms with Crippen molar-refractivity contribution in [2.75, 3.05) is 18.8 Å². The van der Waals surface area contributed by atoms with Crippen LogP contribution in [0.15, 0.2) is 45.3 Å². The highest BCUT2D eigenvalue weighted by molar-refractivity contribution is 9.10. The summed E-state index contributed by atoms with van der Waals surface area (Å²) in [5.74, 6) is 5.06. The highest BCUT2D eigenvalue weighted by Crippen LogP contribution is 2.26. The maximum absolute atomic E-state index is 5.89. The molecule has 1 fully saturated rings. The van der Waals surface area contributed by atoms with Crippen molar-refractivity contribution in [2.24, 2.45) is 5.92 Å². The molecule has 4 heteroatoms. The Morgan fingerprint density at radius 3 is 2.63 bits per heavy atom. The van der Waals surface area contributed by atoms with Gasteiger partial charge in [-0.05, 0) is 49.0 Å². The van der Waals surface area contributed by atoms with E-state index in [-0.39, 0.29) is 0 Å². The average molecular weight is 338 g/mol. The van der Waals surface area contributed by atoms with E-state index in [1.165, 1.54) is 18.8 Å². The summed E-state index contributed by atoms with van der Waals surface area (Å²) >= 11 is 5.40. The van der Waals surface area contributed by atoms with Gasteiger partial charge in [0.25, 0.3) is 0 Å². The quantitative estimate of drug-likeness (QED) is 0.886. The fourth-order valence-electron chi connectivity index (χ4n) is 2.02. The monoisotopic (exact) mass is 337 g/mol. The number of thioether (sulfide) groups is 1. The number of halogens is 1. The van der Waals surface area contributed by atoms with Crippen LogP contribution in [0.4, 0.5) is 0 Å². The minimum absolute atomic E-state index is 0.853. The highest BCUT2D eigenvalue weighted by Gasteiger charge is 2.16. The molecule has 19 heavy (non-hydrogen) atoms. The molecule has 0 unspecified atom stereocenters. The largest absolute Gasteiger partial charge is 0.460 e. The zero-order valence-electron chi connectivity index (χ0n) is 10.6. The van der Waals surface area contributed by atoms with Crippen molar-refractivity contribution in [3.05, 3.63) is 46.6 Å². The van der Waals surface area contributed by atoms with Crippen LogP contribution in [0, 0.1) is 5.92 Å². The normalized spacial score (nSPS) is 15.4. The fourth-order valence-corrected chi connectivity index (χ4v) is 3.32. The van der Waals surface area contributed by atoms with Crippen LogP contribution in [0.2, 0.25) is 0 Å². The molecular formula is C15H16BrNOS. The van der Waals surface area contributed by atoms with E-state index in [9.17, 15) is 0 Å². The van der Waals surface area contributed by atoms with Crippen LogP contribution in [-0.2, 0) is 5.75 Å². The lowest BCUT2D eigenvalue weighted by Gasteiger charge is -2.26. The smallest absolute Gasteiger partial charge is 0.134 e.